The van der Waals surface area contributed by atoms with Crippen molar-refractivity contribution in [3.63, 3.8) is 0 Å². The van der Waals surface area contributed by atoms with Gasteiger partial charge in [-0.1, -0.05) is 119 Å². The Morgan fingerprint density at radius 3 is 1.42 bits per heavy atom. The van der Waals surface area contributed by atoms with E-state index >= 15 is 14.4 Å². The number of phenols is 1. The number of aliphatic imine (C=N–C) groups is 1. The fourth-order valence-electron chi connectivity index (χ4n) is 15.0. The molecule has 30 N–H and O–H groups in total. The number of guanidine groups is 1. The number of nitrogens with one attached hydrogen (secondary N) is 16. The predicted octanol–water partition coefficient (Wildman–Crippen LogP) is -5.14. The third-order valence-electron chi connectivity index (χ3n) is 22.2. The van der Waals surface area contributed by atoms with Crippen molar-refractivity contribution < 1.29 is 122 Å². The molecule has 0 aliphatic carbocycles. The highest BCUT2D eigenvalue weighted by Gasteiger charge is 2.43. The van der Waals surface area contributed by atoms with E-state index in [1.54, 1.807) is 119 Å². The zero-order valence-electron chi connectivity index (χ0n) is 77.0. The Morgan fingerprint density at radius 2 is 0.921 bits per heavy atom. The second-order valence-electron chi connectivity index (χ2n) is 34.0. The van der Waals surface area contributed by atoms with Crippen molar-refractivity contribution in [1.82, 2.24) is 94.3 Å². The van der Waals surface area contributed by atoms with E-state index in [-0.39, 0.29) is 119 Å². The second-order valence-corrected chi connectivity index (χ2v) is 34.0. The van der Waals surface area contributed by atoms with Gasteiger partial charge in [0.05, 0.1) is 57.0 Å². The molecule has 6 aromatic rings. The molecule has 7 rings (SSSR count). The van der Waals surface area contributed by atoms with Crippen molar-refractivity contribution in [2.45, 2.75) is 215 Å². The third kappa shape index (κ3) is 36.9. The molecule has 0 radical (unpaired) electrons. The van der Waals surface area contributed by atoms with Gasteiger partial charge in [-0.25, -0.2) is 9.78 Å². The minimum Gasteiger partial charge on any atom is -0.508 e. The Bertz CT molecular complexity index is 5270. The number of phenolic OH excluding ortho intramolecular Hbond substituents is 1. The first kappa shape index (κ1) is 111. The Morgan fingerprint density at radius 1 is 0.475 bits per heavy atom. The maximum absolute atomic E-state index is 15.3. The molecule has 3 heterocycles. The van der Waals surface area contributed by atoms with Gasteiger partial charge in [-0.15, -0.1) is 0 Å². The number of para-hydroxylation sites is 1. The number of aromatic nitrogens is 3. The number of nitrogens with two attached hydrogens (primary N) is 4. The Labute approximate surface area is 797 Å². The molecule has 4 aromatic carbocycles. The number of unbranched alkanes of at least 4 members (excludes halogenated alkanes) is 1. The molecule has 0 unspecified atom stereocenters. The van der Waals surface area contributed by atoms with Gasteiger partial charge in [-0.2, -0.15) is 0 Å². The molecule has 1 fully saturated rings. The van der Waals surface area contributed by atoms with Gasteiger partial charge in [0.15, 0.2) is 5.96 Å². The molecule has 139 heavy (non-hydrogen) atoms. The molecular formula is C91H123N23O25. The molecule has 48 nitrogen and oxygen atoms in total. The number of hydrogen-bond acceptors (Lipinski definition) is 25. The van der Waals surface area contributed by atoms with Gasteiger partial charge in [-0.3, -0.25) is 91.3 Å². The summed E-state index contributed by atoms with van der Waals surface area (Å²) in [6.45, 7) is 3.91. The number of benzene rings is 4. The summed E-state index contributed by atoms with van der Waals surface area (Å²) in [5.74, 6) is -23.4. The Kier molecular flexibility index (Phi) is 44.1. The van der Waals surface area contributed by atoms with Crippen LogP contribution in [0.25, 0.3) is 10.9 Å². The maximum atomic E-state index is 15.3. The number of hydrogen-bond donors (Lipinski definition) is 26. The van der Waals surface area contributed by atoms with Crippen LogP contribution >= 0.6 is 0 Å². The number of carbonyl (C=O) groups excluding carboxylic acids is 15. The summed E-state index contributed by atoms with van der Waals surface area (Å²) in [6, 6.07) is 5.58. The van der Waals surface area contributed by atoms with Crippen molar-refractivity contribution in [1.29, 1.82) is 0 Å². The standard InChI is InChI=1S/C91H123N23O25/c1-48(2)33-68(90(138)139)111-88(136)70-25-16-32-114(70)89(137)76(49(3)4)113-87(135)69(46-115)112-83(131)64(37-53-42-98-58-22-12-11-21-56(53)58)109-80(128)60(24-15-31-97-91(94)95)105-81(129)62(35-51-19-9-6-10-20-51)107-84(132)65(38-54-43-96-47-101-54)102-72(118)45-100-78(126)61(34-50-17-7-5-8-18-50)106-79(127)59(23-13-14-30-92)104-82(130)63(36-52-26-28-55(116)29-27-52)108-86(134)67(41-75(123)124)110-85(133)66(40-74(121)122)103-71(117)44-99-77(125)57(93)39-73(119)120/h5-12,17-22,26-29,42-43,47-49,57,59-70,76,98,115-116H,13-16,23-25,30-41,44-46,92-93H2,1-4H3,(H,96,101)(H,99,125)(H,100,126)(H,102,118)(H,103,117)(H,104,130)(H,105,129)(H,106,127)(H,107,132)(H,108,134)(H,109,128)(H,110,133)(H,111,136)(H,112,131)(H,113,135)(H,119,120)(H,121,122)(H,123,124)(H,138,139)(H4,94,95,97)/t57-,59-,60-,61-,62-,63-,64-,65-,66-,67-,68-,69-,70-,76-/m0/s1. The molecule has 0 bridgehead atoms. The number of aliphatic hydroxyl groups is 1. The van der Waals surface area contributed by atoms with Crippen LogP contribution in [0, 0.1) is 11.8 Å². The van der Waals surface area contributed by atoms with E-state index in [0.29, 0.717) is 34.0 Å². The van der Waals surface area contributed by atoms with E-state index in [2.05, 4.69) is 83.7 Å². The number of aliphatic carboxylic acids is 4. The van der Waals surface area contributed by atoms with Crippen LogP contribution < -0.4 is 97.4 Å². The highest BCUT2D eigenvalue weighted by atomic mass is 16.4. The average molecular weight is 1940 g/mol. The first-order chi connectivity index (χ1) is 66.1. The lowest BCUT2D eigenvalue weighted by Gasteiger charge is -2.32. The smallest absolute Gasteiger partial charge is 0.326 e. The lowest BCUT2D eigenvalue weighted by molar-refractivity contribution is -0.146. The number of fused-ring (bicyclic) bond motifs is 1. The first-order valence-corrected chi connectivity index (χ1v) is 45.0. The highest BCUT2D eigenvalue weighted by Crippen LogP contribution is 2.24. The molecule has 752 valence electrons. The van der Waals surface area contributed by atoms with E-state index in [1.807, 2.05) is 10.6 Å². The fourth-order valence-corrected chi connectivity index (χ4v) is 15.0. The van der Waals surface area contributed by atoms with Crippen LogP contribution in [-0.4, -0.2) is 293 Å². The van der Waals surface area contributed by atoms with Gasteiger partial charge in [0.1, 0.15) is 84.3 Å². The molecule has 0 saturated carbocycles. The highest BCUT2D eigenvalue weighted by molar-refractivity contribution is 6.02. The van der Waals surface area contributed by atoms with Crippen LogP contribution in [0.3, 0.4) is 0 Å². The largest absolute Gasteiger partial charge is 0.508 e. The van der Waals surface area contributed by atoms with Gasteiger partial charge < -0.3 is 143 Å². The van der Waals surface area contributed by atoms with Gasteiger partial charge in [0, 0.05) is 68.5 Å². The minimum atomic E-state index is -2.16. The molecule has 48 heteroatoms. The number of rotatable bonds is 58. The van der Waals surface area contributed by atoms with Gasteiger partial charge >= 0.3 is 23.9 Å². The van der Waals surface area contributed by atoms with E-state index < -0.39 is 248 Å². The number of likely N-dealkylation sites (tertiary alicyclic amines) is 1. The number of amides is 15. The van der Waals surface area contributed by atoms with Crippen LogP contribution in [0.2, 0.25) is 0 Å². The zero-order chi connectivity index (χ0) is 102. The Hall–Kier alpha value is -15.5. The van der Waals surface area contributed by atoms with E-state index in [1.165, 1.54) is 41.7 Å². The minimum absolute atomic E-state index is 0.0107. The van der Waals surface area contributed by atoms with Crippen LogP contribution in [0.15, 0.2) is 133 Å². The topological polar surface area (TPSA) is 778 Å². The van der Waals surface area contributed by atoms with Gasteiger partial charge in [0.2, 0.25) is 88.6 Å². The number of imidazole rings is 1. The number of carboxylic acids is 4. The molecule has 1 saturated heterocycles. The number of H-pyrrole nitrogens is 2. The van der Waals surface area contributed by atoms with E-state index in [4.69, 9.17) is 28.0 Å². The predicted molar refractivity (Wildman–Crippen MR) is 497 cm³/mol. The zero-order valence-corrected chi connectivity index (χ0v) is 77.0. The first-order valence-electron chi connectivity index (χ1n) is 45.0. The molecule has 15 amide bonds. The quantitative estimate of drug-likeness (QED) is 0.00965. The van der Waals surface area contributed by atoms with Crippen LogP contribution in [0.1, 0.15) is 126 Å². The number of carboxylic acid groups (broad SMARTS) is 4. The Balaban J connectivity index is 1.11. The van der Waals surface area contributed by atoms with Gasteiger partial charge in [0.25, 0.3) is 0 Å². The van der Waals surface area contributed by atoms with Crippen molar-refractivity contribution in [3.8, 4) is 5.75 Å². The van der Waals surface area contributed by atoms with E-state index in [9.17, 15) is 102 Å². The molecular weight excluding hydrogens is 1820 g/mol. The summed E-state index contributed by atoms with van der Waals surface area (Å²) < 4.78 is 0. The van der Waals surface area contributed by atoms with Crippen LogP contribution in [0.5, 0.6) is 5.75 Å². The van der Waals surface area contributed by atoms with Crippen molar-refractivity contribution in [2.75, 3.05) is 39.3 Å². The molecule has 1 aliphatic heterocycles. The summed E-state index contributed by atoms with van der Waals surface area (Å²) in [4.78, 5) is 278. The summed E-state index contributed by atoms with van der Waals surface area (Å²) in [5.41, 5.74) is 25.2. The maximum Gasteiger partial charge on any atom is 0.326 e. The average Bonchev–Trinajstić information content (AvgIpc) is 1.68. The summed E-state index contributed by atoms with van der Waals surface area (Å²) in [7, 11) is 0. The number of carbonyl (C=O) groups is 19. The molecule has 14 atom stereocenters. The number of aromatic hydroxyl groups is 1. The number of aliphatic hydroxyl groups excluding tert-OH is 1. The summed E-state index contributed by atoms with van der Waals surface area (Å²) >= 11 is 0. The normalized spacial score (nSPS) is 15.0. The van der Waals surface area contributed by atoms with Gasteiger partial charge in [-0.05, 0) is 110 Å². The van der Waals surface area contributed by atoms with Crippen molar-refractivity contribution in [2.24, 2.45) is 39.8 Å². The van der Waals surface area contributed by atoms with Crippen LogP contribution in [-0.2, 0) is 123 Å². The lowest BCUT2D eigenvalue weighted by atomic mass is 10.0. The summed E-state index contributed by atoms with van der Waals surface area (Å²) in [6.07, 6.45) is -0.161. The van der Waals surface area contributed by atoms with E-state index in [0.717, 1.165) is 0 Å². The fraction of sp³-hybridized carbons (Fsp3) is 0.462. The molecule has 2 aromatic heterocycles. The van der Waals surface area contributed by atoms with Crippen LogP contribution in [0.4, 0.5) is 0 Å². The summed E-state index contributed by atoms with van der Waals surface area (Å²) in [5, 5.41) is 94.7. The molecule has 1 aliphatic rings. The van der Waals surface area contributed by atoms with Crippen molar-refractivity contribution >= 4 is 129 Å². The SMILES string of the molecule is CC(C)C[C@H](NC(=O)[C@@H]1CCCN1C(=O)[C@@H](NC(=O)[C@H](CO)NC(=O)[C@H](Cc1c[nH]c2ccccc12)NC(=O)[C@H](CCCN=C(N)N)NC(=O)[C@H](Cc1ccccc1)NC(=O)[C@H](Cc1c[nH]cn1)NC(=O)CNC(=O)[C@H](Cc1ccccc1)NC(=O)[C@H](CCCCN)NC(=O)[C@H](Cc1ccc(O)cc1)NC(=O)[C@H](CC(=O)O)NC(=O)[C@H](CC(=O)O)NC(=O)CNC(=O)[C@@H](N)CC(=O)O)C(C)C)C(=O)O. The monoisotopic (exact) mass is 1940 g/mol. The number of nitrogens with zero attached hydrogens (tertiary/aromatic N) is 3. The number of aromatic amines is 2. The molecule has 0 spiro atoms. The van der Waals surface area contributed by atoms with Crippen molar-refractivity contribution in [3.05, 3.63) is 156 Å². The second kappa shape index (κ2) is 55.5. The third-order valence-corrected chi connectivity index (χ3v) is 22.2. The lowest BCUT2D eigenvalue weighted by Crippen LogP contribution is -2.61.